The minimum atomic E-state index is -0.759. The number of carbonyl (C=O) groups is 2. The van der Waals surface area contributed by atoms with Crippen LogP contribution in [0.2, 0.25) is 20.1 Å². The molecule has 0 radical (unpaired) electrons. The average Bonchev–Trinajstić information content (AvgIpc) is 2.66. The van der Waals surface area contributed by atoms with E-state index in [4.69, 9.17) is 51.1 Å². The van der Waals surface area contributed by atoms with Crippen molar-refractivity contribution in [3.8, 4) is 5.75 Å². The van der Waals surface area contributed by atoms with Crippen molar-refractivity contribution in [2.75, 3.05) is 6.61 Å². The second-order valence-electron chi connectivity index (χ2n) is 8.05. The summed E-state index contributed by atoms with van der Waals surface area (Å²) in [6.07, 6.45) is 0. The Bertz CT molecular complexity index is 960. The molecule has 168 valence electrons. The summed E-state index contributed by atoms with van der Waals surface area (Å²) >= 11 is 24.1. The predicted molar refractivity (Wildman–Crippen MR) is 126 cm³/mol. The van der Waals surface area contributed by atoms with Crippen LogP contribution in [0, 0.1) is 0 Å². The van der Waals surface area contributed by atoms with Gasteiger partial charge in [-0.15, -0.1) is 0 Å². The van der Waals surface area contributed by atoms with Crippen molar-refractivity contribution in [3.05, 3.63) is 62.1 Å². The topological polar surface area (TPSA) is 58.6 Å². The smallest absolute Gasteiger partial charge is 0.261 e. The largest absolute Gasteiger partial charge is 0.482 e. The molecular weight excluding hydrogens is 482 g/mol. The highest BCUT2D eigenvalue weighted by Crippen LogP contribution is 2.28. The van der Waals surface area contributed by atoms with E-state index in [1.807, 2.05) is 20.8 Å². The summed E-state index contributed by atoms with van der Waals surface area (Å²) in [5, 5.41) is 4.40. The lowest BCUT2D eigenvalue weighted by molar-refractivity contribution is -0.142. The van der Waals surface area contributed by atoms with Gasteiger partial charge in [0.15, 0.2) is 6.61 Å². The highest BCUT2D eigenvalue weighted by atomic mass is 35.5. The lowest BCUT2D eigenvalue weighted by atomic mass is 10.1. The fourth-order valence-corrected chi connectivity index (χ4v) is 3.49. The lowest BCUT2D eigenvalue weighted by Gasteiger charge is -2.31. The van der Waals surface area contributed by atoms with Crippen LogP contribution in [0.25, 0.3) is 0 Å². The molecule has 0 saturated carbocycles. The zero-order chi connectivity index (χ0) is 23.3. The van der Waals surface area contributed by atoms with Gasteiger partial charge in [-0.1, -0.05) is 52.5 Å². The molecule has 0 unspecified atom stereocenters. The zero-order valence-electron chi connectivity index (χ0n) is 17.6. The minimum Gasteiger partial charge on any atom is -0.482 e. The molecule has 0 aliphatic carbocycles. The summed E-state index contributed by atoms with van der Waals surface area (Å²) in [6.45, 7) is 7.10. The van der Waals surface area contributed by atoms with Crippen LogP contribution in [0.3, 0.4) is 0 Å². The Labute approximate surface area is 202 Å². The third kappa shape index (κ3) is 7.76. The molecule has 5 nitrogen and oxygen atoms in total. The van der Waals surface area contributed by atoms with Gasteiger partial charge in [-0.05, 0) is 63.6 Å². The van der Waals surface area contributed by atoms with E-state index in [1.54, 1.807) is 37.3 Å². The first-order valence-electron chi connectivity index (χ1n) is 9.50. The molecule has 0 heterocycles. The van der Waals surface area contributed by atoms with E-state index in [9.17, 15) is 9.59 Å². The standard InChI is InChI=1S/C22H24Cl4N2O3/c1-13(21(30)27-22(2,3)4)28(11-14-5-7-16(24)17(25)9-14)20(29)12-31-19-8-6-15(23)10-18(19)26/h5-10,13H,11-12H2,1-4H3,(H,27,30)/t13-/m0/s1. The molecule has 0 aliphatic rings. The number of carbonyl (C=O) groups excluding carboxylic acids is 2. The maximum atomic E-state index is 13.1. The van der Waals surface area contributed by atoms with Gasteiger partial charge in [-0.3, -0.25) is 9.59 Å². The molecule has 0 aromatic heterocycles. The van der Waals surface area contributed by atoms with Gasteiger partial charge in [0.05, 0.1) is 15.1 Å². The van der Waals surface area contributed by atoms with Crippen LogP contribution in [-0.4, -0.2) is 34.9 Å². The Balaban J connectivity index is 2.23. The highest BCUT2D eigenvalue weighted by Gasteiger charge is 2.29. The Kier molecular flexibility index (Phi) is 8.90. The summed E-state index contributed by atoms with van der Waals surface area (Å²) in [5.74, 6) is -0.361. The third-order valence-corrected chi connectivity index (χ3v) is 5.52. The van der Waals surface area contributed by atoms with Crippen molar-refractivity contribution in [2.45, 2.75) is 45.8 Å². The monoisotopic (exact) mass is 504 g/mol. The summed E-state index contributed by atoms with van der Waals surface area (Å²) in [5.41, 5.74) is 0.277. The second kappa shape index (κ2) is 10.8. The van der Waals surface area contributed by atoms with Crippen molar-refractivity contribution in [1.29, 1.82) is 0 Å². The molecule has 1 N–H and O–H groups in total. The van der Waals surface area contributed by atoms with Gasteiger partial charge in [0.1, 0.15) is 11.8 Å². The van der Waals surface area contributed by atoms with Gasteiger partial charge in [-0.25, -0.2) is 0 Å². The van der Waals surface area contributed by atoms with Crippen LogP contribution in [0.1, 0.15) is 33.3 Å². The number of amides is 2. The van der Waals surface area contributed by atoms with Crippen molar-refractivity contribution in [2.24, 2.45) is 0 Å². The molecule has 0 spiro atoms. The first kappa shape index (κ1) is 25.6. The number of rotatable bonds is 7. The third-order valence-electron chi connectivity index (χ3n) is 4.25. The van der Waals surface area contributed by atoms with E-state index < -0.39 is 17.5 Å². The average molecular weight is 506 g/mol. The Morgan fingerprint density at radius 2 is 1.68 bits per heavy atom. The summed E-state index contributed by atoms with van der Waals surface area (Å²) < 4.78 is 5.59. The molecule has 1 atom stereocenters. The number of hydrogen-bond acceptors (Lipinski definition) is 3. The van der Waals surface area contributed by atoms with Crippen LogP contribution < -0.4 is 10.1 Å². The number of hydrogen-bond donors (Lipinski definition) is 1. The van der Waals surface area contributed by atoms with Crippen molar-refractivity contribution in [1.82, 2.24) is 10.2 Å². The Morgan fingerprint density at radius 3 is 2.26 bits per heavy atom. The van der Waals surface area contributed by atoms with Crippen LogP contribution in [-0.2, 0) is 16.1 Å². The van der Waals surface area contributed by atoms with Gasteiger partial charge in [0.2, 0.25) is 5.91 Å². The molecule has 0 saturated heterocycles. The Hall–Kier alpha value is -1.66. The molecular formula is C22H24Cl4N2O3. The number of nitrogens with one attached hydrogen (secondary N) is 1. The molecule has 0 aliphatic heterocycles. The molecule has 0 bridgehead atoms. The summed E-state index contributed by atoms with van der Waals surface area (Å²) in [4.78, 5) is 27.2. The zero-order valence-corrected chi connectivity index (χ0v) is 20.7. The van der Waals surface area contributed by atoms with Crippen molar-refractivity contribution < 1.29 is 14.3 Å². The van der Waals surface area contributed by atoms with Crippen molar-refractivity contribution in [3.63, 3.8) is 0 Å². The summed E-state index contributed by atoms with van der Waals surface area (Å²) in [7, 11) is 0. The molecule has 2 aromatic carbocycles. The predicted octanol–water partition coefficient (Wildman–Crippen LogP) is 6.01. The second-order valence-corrected chi connectivity index (χ2v) is 9.71. The molecule has 2 aromatic rings. The van der Waals surface area contributed by atoms with E-state index in [0.29, 0.717) is 20.8 Å². The van der Waals surface area contributed by atoms with Gasteiger partial charge in [-0.2, -0.15) is 0 Å². The minimum absolute atomic E-state index is 0.145. The van der Waals surface area contributed by atoms with E-state index in [0.717, 1.165) is 5.56 Å². The maximum absolute atomic E-state index is 13.1. The number of nitrogens with zero attached hydrogens (tertiary/aromatic N) is 1. The summed E-state index contributed by atoms with van der Waals surface area (Å²) in [6, 6.07) is 9.01. The Morgan fingerprint density at radius 1 is 1.00 bits per heavy atom. The van der Waals surface area contributed by atoms with E-state index in [2.05, 4.69) is 5.32 Å². The quantitative estimate of drug-likeness (QED) is 0.501. The van der Waals surface area contributed by atoms with Crippen LogP contribution in [0.4, 0.5) is 0 Å². The van der Waals surface area contributed by atoms with Gasteiger partial charge in [0, 0.05) is 17.1 Å². The van der Waals surface area contributed by atoms with Crippen LogP contribution in [0.15, 0.2) is 36.4 Å². The normalized spacial score (nSPS) is 12.3. The van der Waals surface area contributed by atoms with Crippen LogP contribution >= 0.6 is 46.4 Å². The van der Waals surface area contributed by atoms with Crippen molar-refractivity contribution >= 4 is 58.2 Å². The van der Waals surface area contributed by atoms with E-state index in [1.165, 1.54) is 11.0 Å². The van der Waals surface area contributed by atoms with E-state index in [-0.39, 0.29) is 24.1 Å². The van der Waals surface area contributed by atoms with Gasteiger partial charge in [0.25, 0.3) is 5.91 Å². The molecule has 9 heteroatoms. The SMILES string of the molecule is C[C@@H](C(=O)NC(C)(C)C)N(Cc1ccc(Cl)c(Cl)c1)C(=O)COc1ccc(Cl)cc1Cl. The molecule has 0 fully saturated rings. The fraction of sp³-hybridized carbons (Fsp3) is 0.364. The van der Waals surface area contributed by atoms with Gasteiger partial charge < -0.3 is 15.0 Å². The lowest BCUT2D eigenvalue weighted by Crippen LogP contribution is -2.53. The first-order chi connectivity index (χ1) is 14.4. The van der Waals surface area contributed by atoms with E-state index >= 15 is 0 Å². The molecule has 31 heavy (non-hydrogen) atoms. The highest BCUT2D eigenvalue weighted by molar-refractivity contribution is 6.42. The molecule has 2 amide bonds. The van der Waals surface area contributed by atoms with Gasteiger partial charge >= 0.3 is 0 Å². The van der Waals surface area contributed by atoms with Crippen LogP contribution in [0.5, 0.6) is 5.75 Å². The fourth-order valence-electron chi connectivity index (χ4n) is 2.71. The number of benzene rings is 2. The number of ether oxygens (including phenoxy) is 1. The number of halogens is 4. The molecule has 2 rings (SSSR count). The first-order valence-corrected chi connectivity index (χ1v) is 11.0. The maximum Gasteiger partial charge on any atom is 0.261 e.